The highest BCUT2D eigenvalue weighted by molar-refractivity contribution is 7.14. The zero-order valence-corrected chi connectivity index (χ0v) is 23.3. The second-order valence-electron chi connectivity index (χ2n) is 10.2. The van der Waals surface area contributed by atoms with E-state index in [1.165, 1.54) is 15.6 Å². The van der Waals surface area contributed by atoms with E-state index in [1.54, 1.807) is 11.3 Å². The normalized spacial score (nSPS) is 11.6. The van der Waals surface area contributed by atoms with E-state index >= 15 is 0 Å². The summed E-state index contributed by atoms with van der Waals surface area (Å²) in [5.41, 5.74) is 4.93. The molecule has 0 amide bonds. The molecular weight excluding hydrogens is 514 g/mol. The predicted octanol–water partition coefficient (Wildman–Crippen LogP) is 9.79. The van der Waals surface area contributed by atoms with Crippen LogP contribution in [0.3, 0.4) is 0 Å². The third-order valence-electron chi connectivity index (χ3n) is 7.07. The van der Waals surface area contributed by atoms with E-state index in [-0.39, 0.29) is 0 Å². The maximum atomic E-state index is 6.40. The van der Waals surface area contributed by atoms with Crippen LogP contribution >= 0.6 is 11.3 Å². The second-order valence-corrected chi connectivity index (χ2v) is 11.2. The second kappa shape index (κ2) is 9.81. The number of aromatic nitrogens is 3. The minimum Gasteiger partial charge on any atom is -0.457 e. The molecule has 0 bridgehead atoms. The molecule has 3 aromatic heterocycles. The molecule has 6 heteroatoms. The molecule has 0 spiro atoms. The molecule has 40 heavy (non-hydrogen) atoms. The average molecular weight is 542 g/mol. The van der Waals surface area contributed by atoms with Crippen LogP contribution in [0.15, 0.2) is 108 Å². The highest BCUT2D eigenvalue weighted by Crippen LogP contribution is 2.38. The first-order chi connectivity index (χ1) is 19.5. The summed E-state index contributed by atoms with van der Waals surface area (Å²) in [5.74, 6) is 3.25. The Morgan fingerprint density at radius 2 is 1.52 bits per heavy atom. The van der Waals surface area contributed by atoms with Gasteiger partial charge in [0.05, 0.1) is 16.7 Å². The average Bonchev–Trinajstić information content (AvgIpc) is 3.69. The molecule has 0 unspecified atom stereocenters. The molecule has 0 atom stereocenters. The van der Waals surface area contributed by atoms with E-state index in [4.69, 9.17) is 19.1 Å². The van der Waals surface area contributed by atoms with Crippen molar-refractivity contribution in [2.45, 2.75) is 26.7 Å². The Kier molecular flexibility index (Phi) is 5.98. The highest BCUT2D eigenvalue weighted by Gasteiger charge is 2.17. The van der Waals surface area contributed by atoms with E-state index < -0.39 is 0 Å². The first-order valence-electron chi connectivity index (χ1n) is 13.4. The lowest BCUT2D eigenvalue weighted by Gasteiger charge is -2.08. The summed E-state index contributed by atoms with van der Waals surface area (Å²) in [6.45, 7) is 6.37. The number of ether oxygens (including phenoxy) is 1. The number of para-hydroxylation sites is 1. The highest BCUT2D eigenvalue weighted by atomic mass is 32.1. The van der Waals surface area contributed by atoms with Crippen molar-refractivity contribution < 1.29 is 9.15 Å². The molecule has 0 aliphatic heterocycles. The molecule has 0 N–H and O–H groups in total. The van der Waals surface area contributed by atoms with Crippen molar-refractivity contribution >= 4 is 33.1 Å². The number of oxazole rings is 1. The van der Waals surface area contributed by atoms with Crippen molar-refractivity contribution in [1.29, 1.82) is 0 Å². The zero-order valence-electron chi connectivity index (χ0n) is 22.5. The smallest absolute Gasteiger partial charge is 0.227 e. The molecule has 7 rings (SSSR count). The van der Waals surface area contributed by atoms with Gasteiger partial charge in [-0.25, -0.2) is 9.97 Å². The summed E-state index contributed by atoms with van der Waals surface area (Å²) in [7, 11) is 0. The van der Waals surface area contributed by atoms with Gasteiger partial charge in [0.1, 0.15) is 11.5 Å². The summed E-state index contributed by atoms with van der Waals surface area (Å²) in [6, 6.07) is 32.6. The Labute approximate surface area is 236 Å². The fraction of sp³-hybridized carbons (Fsp3) is 0.118. The fourth-order valence-electron chi connectivity index (χ4n) is 5.07. The van der Waals surface area contributed by atoms with Crippen LogP contribution in [0.1, 0.15) is 30.3 Å². The first kappa shape index (κ1) is 24.4. The summed E-state index contributed by atoms with van der Waals surface area (Å²) < 4.78 is 14.8. The van der Waals surface area contributed by atoms with E-state index in [2.05, 4.69) is 54.8 Å². The molecule has 0 saturated heterocycles. The lowest BCUT2D eigenvalue weighted by atomic mass is 10.1. The van der Waals surface area contributed by atoms with Crippen LogP contribution < -0.4 is 4.74 Å². The Morgan fingerprint density at radius 1 is 0.775 bits per heavy atom. The van der Waals surface area contributed by atoms with Gasteiger partial charge in [-0.2, -0.15) is 0 Å². The number of benzene rings is 4. The van der Waals surface area contributed by atoms with Gasteiger partial charge in [-0.05, 0) is 49.2 Å². The fourth-order valence-corrected chi connectivity index (χ4v) is 6.02. The van der Waals surface area contributed by atoms with Crippen molar-refractivity contribution in [1.82, 2.24) is 14.5 Å². The summed E-state index contributed by atoms with van der Waals surface area (Å²) in [4.78, 5) is 10.8. The molecule has 0 fully saturated rings. The zero-order chi connectivity index (χ0) is 27.2. The van der Waals surface area contributed by atoms with Gasteiger partial charge >= 0.3 is 0 Å². The van der Waals surface area contributed by atoms with Crippen LogP contribution in [0.5, 0.6) is 11.5 Å². The number of hydrogen-bond donors (Lipinski definition) is 0. The molecule has 3 heterocycles. The number of rotatable bonds is 6. The van der Waals surface area contributed by atoms with Gasteiger partial charge in [0, 0.05) is 39.0 Å². The molecule has 4 aromatic carbocycles. The van der Waals surface area contributed by atoms with Crippen LogP contribution in [-0.4, -0.2) is 14.5 Å². The van der Waals surface area contributed by atoms with Gasteiger partial charge in [-0.1, -0.05) is 68.4 Å². The topological polar surface area (TPSA) is 53.1 Å². The Balaban J connectivity index is 1.26. The number of nitrogens with zero attached hydrogens (tertiary/aromatic N) is 3. The van der Waals surface area contributed by atoms with Gasteiger partial charge in [0.25, 0.3) is 0 Å². The van der Waals surface area contributed by atoms with Gasteiger partial charge in [0.15, 0.2) is 10.9 Å². The number of aryl methyl sites for hydroxylation is 1. The standard InChI is InChI=1S/C34H27N3O2S/c1-21(2)31-20-35-34(40-31)37-29-15-8-7-14-27(29)28-17-16-26(19-30(28)37)38-25-13-9-12-24(18-25)33-36-22(3)32(39-33)23-10-5-4-6-11-23/h4-21H,1-3H3. The predicted molar refractivity (Wildman–Crippen MR) is 163 cm³/mol. The minimum atomic E-state index is 0.432. The van der Waals surface area contributed by atoms with Crippen LogP contribution in [0.2, 0.25) is 0 Å². The number of fused-ring (bicyclic) bond motifs is 3. The quantitative estimate of drug-likeness (QED) is 0.210. The largest absolute Gasteiger partial charge is 0.457 e. The lowest BCUT2D eigenvalue weighted by Crippen LogP contribution is -1.93. The van der Waals surface area contributed by atoms with E-state index in [9.17, 15) is 0 Å². The molecule has 196 valence electrons. The van der Waals surface area contributed by atoms with Gasteiger partial charge in [0.2, 0.25) is 5.89 Å². The third kappa shape index (κ3) is 4.27. The minimum absolute atomic E-state index is 0.432. The molecular formula is C34H27N3O2S. The van der Waals surface area contributed by atoms with Crippen molar-refractivity contribution in [3.63, 3.8) is 0 Å². The van der Waals surface area contributed by atoms with E-state index in [0.717, 1.165) is 44.5 Å². The Bertz CT molecular complexity index is 1980. The maximum absolute atomic E-state index is 6.40. The Hall–Kier alpha value is -4.68. The molecule has 0 saturated carbocycles. The van der Waals surface area contributed by atoms with Crippen LogP contribution in [-0.2, 0) is 0 Å². The number of hydrogen-bond acceptors (Lipinski definition) is 5. The van der Waals surface area contributed by atoms with E-state index in [0.29, 0.717) is 17.6 Å². The molecule has 0 aliphatic rings. The summed E-state index contributed by atoms with van der Waals surface area (Å²) in [5, 5.41) is 3.32. The van der Waals surface area contributed by atoms with Gasteiger partial charge in [-0.3, -0.25) is 4.57 Å². The SMILES string of the molecule is Cc1nc(-c2cccc(Oc3ccc4c5ccccc5n(-c5ncc(C(C)C)s5)c4c3)c2)oc1-c1ccccc1. The molecule has 5 nitrogen and oxygen atoms in total. The number of thiazole rings is 1. The lowest BCUT2D eigenvalue weighted by molar-refractivity contribution is 0.483. The Morgan fingerprint density at radius 3 is 2.35 bits per heavy atom. The maximum Gasteiger partial charge on any atom is 0.227 e. The van der Waals surface area contributed by atoms with Gasteiger partial charge < -0.3 is 9.15 Å². The van der Waals surface area contributed by atoms with Crippen molar-refractivity contribution in [3.05, 3.63) is 114 Å². The summed E-state index contributed by atoms with van der Waals surface area (Å²) in [6.07, 6.45) is 1.99. The molecule has 0 aliphatic carbocycles. The van der Waals surface area contributed by atoms with E-state index in [1.807, 2.05) is 73.8 Å². The molecule has 0 radical (unpaired) electrons. The van der Waals surface area contributed by atoms with Crippen molar-refractivity contribution in [2.24, 2.45) is 0 Å². The summed E-state index contributed by atoms with van der Waals surface area (Å²) >= 11 is 1.73. The van der Waals surface area contributed by atoms with Gasteiger partial charge in [-0.15, -0.1) is 11.3 Å². The van der Waals surface area contributed by atoms with Crippen molar-refractivity contribution in [2.75, 3.05) is 0 Å². The molecule has 7 aromatic rings. The van der Waals surface area contributed by atoms with Crippen LogP contribution in [0.4, 0.5) is 0 Å². The first-order valence-corrected chi connectivity index (χ1v) is 14.2. The van der Waals surface area contributed by atoms with Crippen LogP contribution in [0.25, 0.3) is 49.7 Å². The van der Waals surface area contributed by atoms with Crippen molar-refractivity contribution in [3.8, 4) is 39.4 Å². The monoisotopic (exact) mass is 541 g/mol. The third-order valence-corrected chi connectivity index (χ3v) is 8.35. The van der Waals surface area contributed by atoms with Crippen LogP contribution in [0, 0.1) is 6.92 Å².